The number of nitrogens with one attached hydrogen (secondary N) is 2. The van der Waals surface area contributed by atoms with Crippen molar-refractivity contribution < 1.29 is 9.18 Å². The van der Waals surface area contributed by atoms with Crippen LogP contribution in [0, 0.1) is 5.82 Å². The fourth-order valence-electron chi connectivity index (χ4n) is 2.49. The Bertz CT molecular complexity index is 977. The summed E-state index contributed by atoms with van der Waals surface area (Å²) in [6.45, 7) is 0.677. The van der Waals surface area contributed by atoms with Gasteiger partial charge in [0.2, 0.25) is 5.65 Å². The first-order valence-corrected chi connectivity index (χ1v) is 7.70. The van der Waals surface area contributed by atoms with Crippen molar-refractivity contribution >= 4 is 11.6 Å². The smallest absolute Gasteiger partial charge is 0.291 e. The van der Waals surface area contributed by atoms with Crippen LogP contribution in [0.25, 0.3) is 5.65 Å². The molecule has 7 nitrogen and oxygen atoms in total. The number of rotatable bonds is 5. The lowest BCUT2D eigenvalue weighted by Crippen LogP contribution is -2.23. The third kappa shape index (κ3) is 3.74. The number of aromatic amines is 1. The van der Waals surface area contributed by atoms with Gasteiger partial charge in [0, 0.05) is 37.2 Å². The largest absolute Gasteiger partial charge is 0.347 e. The third-order valence-electron chi connectivity index (χ3n) is 3.67. The van der Waals surface area contributed by atoms with Crippen molar-refractivity contribution in [2.45, 2.75) is 13.1 Å². The molecule has 0 saturated heterocycles. The number of imidazole rings is 1. The van der Waals surface area contributed by atoms with Crippen LogP contribution in [-0.2, 0) is 13.1 Å². The quantitative estimate of drug-likeness (QED) is 0.728. The molecule has 25 heavy (non-hydrogen) atoms. The van der Waals surface area contributed by atoms with E-state index in [4.69, 9.17) is 0 Å². The number of carbonyl (C=O) groups is 1. The van der Waals surface area contributed by atoms with E-state index < -0.39 is 5.91 Å². The number of hydrogen-bond donors (Lipinski definition) is 2. The fourth-order valence-corrected chi connectivity index (χ4v) is 2.49. The molecule has 0 aliphatic carbocycles. The van der Waals surface area contributed by atoms with E-state index in [1.54, 1.807) is 18.3 Å². The van der Waals surface area contributed by atoms with Crippen molar-refractivity contribution in [1.82, 2.24) is 24.6 Å². The number of halogens is 1. The summed E-state index contributed by atoms with van der Waals surface area (Å²) in [6.07, 6.45) is 4.54. The normalized spacial score (nSPS) is 11.2. The minimum atomic E-state index is -0.430. The predicted molar refractivity (Wildman–Crippen MR) is 90.8 cm³/mol. The van der Waals surface area contributed by atoms with Crippen LogP contribution in [0.2, 0.25) is 0 Å². The van der Waals surface area contributed by atoms with Gasteiger partial charge < -0.3 is 19.6 Å². The SMILES string of the molecule is CN(C)Cc1ccc(CNC(=O)c2cn3cc[nH]c(=O)c3n2)cc1F. The van der Waals surface area contributed by atoms with E-state index in [-0.39, 0.29) is 29.3 Å². The molecule has 0 unspecified atom stereocenters. The molecule has 0 saturated carbocycles. The summed E-state index contributed by atoms with van der Waals surface area (Å²) in [4.78, 5) is 32.2. The highest BCUT2D eigenvalue weighted by molar-refractivity contribution is 5.92. The topological polar surface area (TPSA) is 82.5 Å². The molecule has 0 aliphatic rings. The number of fused-ring (bicyclic) bond motifs is 1. The molecule has 0 atom stereocenters. The van der Waals surface area contributed by atoms with E-state index in [0.29, 0.717) is 17.7 Å². The van der Waals surface area contributed by atoms with Gasteiger partial charge in [-0.25, -0.2) is 9.37 Å². The van der Waals surface area contributed by atoms with Gasteiger partial charge in [-0.05, 0) is 25.7 Å². The first kappa shape index (κ1) is 16.8. The van der Waals surface area contributed by atoms with Crippen LogP contribution in [0.1, 0.15) is 21.6 Å². The first-order valence-electron chi connectivity index (χ1n) is 7.70. The van der Waals surface area contributed by atoms with Gasteiger partial charge in [-0.2, -0.15) is 0 Å². The van der Waals surface area contributed by atoms with Crippen molar-refractivity contribution in [2.24, 2.45) is 0 Å². The Kier molecular flexibility index (Phi) is 4.62. The Morgan fingerprint density at radius 1 is 1.40 bits per heavy atom. The summed E-state index contributed by atoms with van der Waals surface area (Å²) >= 11 is 0. The molecule has 0 fully saturated rings. The average molecular weight is 343 g/mol. The van der Waals surface area contributed by atoms with Gasteiger partial charge in [0.15, 0.2) is 0 Å². The van der Waals surface area contributed by atoms with Crippen molar-refractivity contribution in [3.63, 3.8) is 0 Å². The second kappa shape index (κ2) is 6.86. The minimum Gasteiger partial charge on any atom is -0.347 e. The molecule has 3 rings (SSSR count). The molecule has 3 aromatic rings. The molecule has 0 radical (unpaired) electrons. The molecule has 0 spiro atoms. The predicted octanol–water partition coefficient (Wildman–Crippen LogP) is 1.15. The summed E-state index contributed by atoms with van der Waals surface area (Å²) in [5, 5.41) is 2.68. The maximum absolute atomic E-state index is 14.0. The van der Waals surface area contributed by atoms with E-state index in [9.17, 15) is 14.0 Å². The number of carbonyl (C=O) groups excluding carboxylic acids is 1. The second-order valence-corrected chi connectivity index (χ2v) is 5.99. The van der Waals surface area contributed by atoms with Crippen molar-refractivity contribution in [3.8, 4) is 0 Å². The second-order valence-electron chi connectivity index (χ2n) is 5.99. The molecule has 2 aromatic heterocycles. The van der Waals surface area contributed by atoms with Crippen molar-refractivity contribution in [3.05, 3.63) is 69.8 Å². The number of nitrogens with zero attached hydrogens (tertiary/aromatic N) is 3. The lowest BCUT2D eigenvalue weighted by Gasteiger charge is -2.11. The van der Waals surface area contributed by atoms with E-state index in [1.165, 1.54) is 22.9 Å². The third-order valence-corrected chi connectivity index (χ3v) is 3.67. The lowest BCUT2D eigenvalue weighted by molar-refractivity contribution is 0.0946. The molecule has 2 heterocycles. The summed E-state index contributed by atoms with van der Waals surface area (Å²) in [5.41, 5.74) is 1.14. The molecule has 130 valence electrons. The van der Waals surface area contributed by atoms with Crippen LogP contribution >= 0.6 is 0 Å². The minimum absolute atomic E-state index is 0.126. The highest BCUT2D eigenvalue weighted by Gasteiger charge is 2.12. The number of amides is 1. The maximum Gasteiger partial charge on any atom is 0.291 e. The first-order chi connectivity index (χ1) is 11.9. The molecular weight excluding hydrogens is 325 g/mol. The summed E-state index contributed by atoms with van der Waals surface area (Å²) in [6, 6.07) is 4.89. The van der Waals surface area contributed by atoms with Crippen LogP contribution in [-0.4, -0.2) is 39.3 Å². The van der Waals surface area contributed by atoms with E-state index in [1.807, 2.05) is 19.0 Å². The zero-order valence-electron chi connectivity index (χ0n) is 13.9. The van der Waals surface area contributed by atoms with Crippen LogP contribution in [0.15, 0.2) is 41.6 Å². The average Bonchev–Trinajstić information content (AvgIpc) is 3.00. The number of H-pyrrole nitrogens is 1. The van der Waals surface area contributed by atoms with E-state index in [0.717, 1.165) is 0 Å². The standard InChI is InChI=1S/C17H18FN5O2/c1-22(2)9-12-4-3-11(7-13(12)18)8-20-16(24)14-10-23-6-5-19-17(25)15(23)21-14/h3-7,10H,8-9H2,1-2H3,(H,19,25)(H,20,24). The molecule has 0 aliphatic heterocycles. The fraction of sp³-hybridized carbons (Fsp3) is 0.235. The Morgan fingerprint density at radius 3 is 2.88 bits per heavy atom. The highest BCUT2D eigenvalue weighted by atomic mass is 19.1. The summed E-state index contributed by atoms with van der Waals surface area (Å²) in [5.74, 6) is -0.736. The maximum atomic E-state index is 14.0. The van der Waals surface area contributed by atoms with Gasteiger partial charge in [-0.15, -0.1) is 0 Å². The van der Waals surface area contributed by atoms with Crippen molar-refractivity contribution in [1.29, 1.82) is 0 Å². The summed E-state index contributed by atoms with van der Waals surface area (Å²) in [7, 11) is 3.74. The van der Waals surface area contributed by atoms with E-state index in [2.05, 4.69) is 15.3 Å². The molecule has 2 N–H and O–H groups in total. The highest BCUT2D eigenvalue weighted by Crippen LogP contribution is 2.12. The van der Waals surface area contributed by atoms with Gasteiger partial charge in [0.1, 0.15) is 11.5 Å². The molecule has 1 amide bonds. The number of aromatic nitrogens is 3. The van der Waals surface area contributed by atoms with Crippen LogP contribution < -0.4 is 10.9 Å². The Hall–Kier alpha value is -3.00. The summed E-state index contributed by atoms with van der Waals surface area (Å²) < 4.78 is 15.5. The number of benzene rings is 1. The van der Waals surface area contributed by atoms with Crippen LogP contribution in [0.4, 0.5) is 4.39 Å². The Labute approximate surface area is 143 Å². The zero-order valence-corrected chi connectivity index (χ0v) is 13.9. The molecular formula is C17H18FN5O2. The molecule has 1 aromatic carbocycles. The monoisotopic (exact) mass is 343 g/mol. The number of hydrogen-bond acceptors (Lipinski definition) is 4. The van der Waals surface area contributed by atoms with Gasteiger partial charge in [0.05, 0.1) is 0 Å². The van der Waals surface area contributed by atoms with E-state index >= 15 is 0 Å². The molecule has 0 bridgehead atoms. The molecule has 8 heteroatoms. The lowest BCUT2D eigenvalue weighted by atomic mass is 10.1. The van der Waals surface area contributed by atoms with Crippen LogP contribution in [0.5, 0.6) is 0 Å². The Morgan fingerprint density at radius 2 is 2.20 bits per heavy atom. The van der Waals surface area contributed by atoms with Gasteiger partial charge in [0.25, 0.3) is 11.5 Å². The van der Waals surface area contributed by atoms with Gasteiger partial charge >= 0.3 is 0 Å². The zero-order chi connectivity index (χ0) is 18.0. The van der Waals surface area contributed by atoms with Crippen LogP contribution in [0.3, 0.4) is 0 Å². The van der Waals surface area contributed by atoms with Gasteiger partial charge in [-0.3, -0.25) is 9.59 Å². The van der Waals surface area contributed by atoms with Gasteiger partial charge in [-0.1, -0.05) is 12.1 Å². The van der Waals surface area contributed by atoms with Crippen molar-refractivity contribution in [2.75, 3.05) is 14.1 Å². The Balaban J connectivity index is 1.70.